The van der Waals surface area contributed by atoms with E-state index in [-0.39, 0.29) is 17.8 Å². The molecule has 25 heavy (non-hydrogen) atoms. The largest absolute Gasteiger partial charge is 0.460 e. The summed E-state index contributed by atoms with van der Waals surface area (Å²) in [5.74, 6) is 0.827. The van der Waals surface area contributed by atoms with E-state index >= 15 is 0 Å². The Labute approximate surface area is 152 Å². The molecule has 1 N–H and O–H groups in total. The van der Waals surface area contributed by atoms with Crippen LogP contribution in [0.5, 0.6) is 0 Å². The second-order valence-corrected chi connectivity index (χ2v) is 7.88. The summed E-state index contributed by atoms with van der Waals surface area (Å²) in [4.78, 5) is 12.7. The van der Waals surface area contributed by atoms with Crippen LogP contribution in [0.3, 0.4) is 0 Å². The van der Waals surface area contributed by atoms with Crippen LogP contribution in [0, 0.1) is 0 Å². The van der Waals surface area contributed by atoms with E-state index < -0.39 is 0 Å². The molecule has 0 radical (unpaired) electrons. The van der Waals surface area contributed by atoms with Gasteiger partial charge in [0.2, 0.25) is 4.96 Å². The third-order valence-electron chi connectivity index (χ3n) is 3.92. The second kappa shape index (κ2) is 7.51. The molecule has 9 heteroatoms. The molecular formula is C16H17N5O2S2. The van der Waals surface area contributed by atoms with E-state index in [2.05, 4.69) is 20.6 Å². The number of rotatable bonds is 6. The number of ether oxygens (including phenoxy) is 1. The van der Waals surface area contributed by atoms with Gasteiger partial charge in [0.25, 0.3) is 0 Å². The molecule has 7 nitrogen and oxygen atoms in total. The number of carbonyl (C=O) groups is 1. The molecule has 1 aliphatic rings. The van der Waals surface area contributed by atoms with Gasteiger partial charge in [-0.25, -0.2) is 0 Å². The molecule has 130 valence electrons. The van der Waals surface area contributed by atoms with Gasteiger partial charge < -0.3 is 10.1 Å². The number of nitrogens with one attached hydrogen (secondary N) is 1. The fourth-order valence-electron chi connectivity index (χ4n) is 2.70. The number of hydrogen-bond acceptors (Lipinski definition) is 8. The van der Waals surface area contributed by atoms with E-state index in [4.69, 9.17) is 4.74 Å². The minimum Gasteiger partial charge on any atom is -0.460 e. The van der Waals surface area contributed by atoms with Gasteiger partial charge in [0.15, 0.2) is 10.2 Å². The molecule has 2 aromatic heterocycles. The van der Waals surface area contributed by atoms with Crippen molar-refractivity contribution in [3.8, 4) is 0 Å². The first-order valence-electron chi connectivity index (χ1n) is 8.07. The van der Waals surface area contributed by atoms with Gasteiger partial charge in [-0.1, -0.05) is 53.4 Å². The highest BCUT2D eigenvalue weighted by atomic mass is 32.2. The van der Waals surface area contributed by atoms with Crippen LogP contribution in [0.4, 0.5) is 0 Å². The van der Waals surface area contributed by atoms with Crippen molar-refractivity contribution in [3.63, 3.8) is 0 Å². The summed E-state index contributed by atoms with van der Waals surface area (Å²) in [5, 5.41) is 16.4. The molecule has 0 aliphatic carbocycles. The van der Waals surface area contributed by atoms with Gasteiger partial charge in [0.05, 0.1) is 11.8 Å². The third-order valence-corrected chi connectivity index (χ3v) is 5.93. The zero-order chi connectivity index (χ0) is 17.1. The van der Waals surface area contributed by atoms with Gasteiger partial charge in [-0.15, -0.1) is 15.3 Å². The molecule has 3 heterocycles. The fraction of sp³-hybridized carbons (Fsp3) is 0.375. The number of thioether (sulfide) groups is 1. The minimum atomic E-state index is -0.252. The van der Waals surface area contributed by atoms with E-state index in [1.165, 1.54) is 23.1 Å². The Morgan fingerprint density at radius 3 is 3.04 bits per heavy atom. The molecule has 1 saturated heterocycles. The summed E-state index contributed by atoms with van der Waals surface area (Å²) >= 11 is 2.81. The number of fused-ring (bicyclic) bond motifs is 1. The zero-order valence-corrected chi connectivity index (χ0v) is 15.1. The normalized spacial score (nSPS) is 17.2. The highest BCUT2D eigenvalue weighted by molar-refractivity contribution is 8.01. The Bertz CT molecular complexity index is 858. The Morgan fingerprint density at radius 1 is 1.36 bits per heavy atom. The van der Waals surface area contributed by atoms with Gasteiger partial charge >= 0.3 is 5.97 Å². The van der Waals surface area contributed by atoms with Crippen molar-refractivity contribution in [2.75, 3.05) is 12.3 Å². The van der Waals surface area contributed by atoms with E-state index in [1.54, 1.807) is 4.52 Å². The van der Waals surface area contributed by atoms with Crippen molar-refractivity contribution in [2.45, 2.75) is 29.8 Å². The number of nitrogens with zero attached hydrogens (tertiary/aromatic N) is 4. The molecule has 0 spiro atoms. The zero-order valence-electron chi connectivity index (χ0n) is 13.4. The first-order valence-corrected chi connectivity index (χ1v) is 9.88. The summed E-state index contributed by atoms with van der Waals surface area (Å²) < 4.78 is 7.86. The van der Waals surface area contributed by atoms with Gasteiger partial charge in [0, 0.05) is 0 Å². The average Bonchev–Trinajstić information content (AvgIpc) is 3.35. The van der Waals surface area contributed by atoms with Crippen LogP contribution in [0.1, 0.15) is 30.3 Å². The van der Waals surface area contributed by atoms with Crippen LogP contribution in [-0.4, -0.2) is 38.1 Å². The van der Waals surface area contributed by atoms with E-state index in [1.807, 2.05) is 30.3 Å². The van der Waals surface area contributed by atoms with Crippen molar-refractivity contribution in [1.82, 2.24) is 25.1 Å². The maximum atomic E-state index is 11.9. The first kappa shape index (κ1) is 16.5. The molecular weight excluding hydrogens is 358 g/mol. The number of benzene rings is 1. The lowest BCUT2D eigenvalue weighted by molar-refractivity contribution is -0.141. The van der Waals surface area contributed by atoms with Crippen LogP contribution in [0.15, 0.2) is 34.7 Å². The summed E-state index contributed by atoms with van der Waals surface area (Å²) in [5.41, 5.74) is 0.980. The monoisotopic (exact) mass is 375 g/mol. The van der Waals surface area contributed by atoms with Gasteiger partial charge in [-0.05, 0) is 24.9 Å². The van der Waals surface area contributed by atoms with Crippen LogP contribution >= 0.6 is 23.1 Å². The summed E-state index contributed by atoms with van der Waals surface area (Å²) in [6.45, 7) is 1.29. The Balaban J connectivity index is 1.34. The third kappa shape index (κ3) is 3.83. The lowest BCUT2D eigenvalue weighted by atomic mass is 10.2. The smallest absolute Gasteiger partial charge is 0.316 e. The molecule has 0 amide bonds. The highest BCUT2D eigenvalue weighted by Crippen LogP contribution is 2.28. The number of hydrogen-bond donors (Lipinski definition) is 1. The standard InChI is InChI=1S/C16H17N5O2S2/c22-13(23-9-11-5-2-1-3-6-11)10-24-16-20-21-14(12-7-4-8-17-12)18-19-15(21)25-16/h1-3,5-6,12,17H,4,7-10H2. The Morgan fingerprint density at radius 2 is 2.24 bits per heavy atom. The Hall–Kier alpha value is -1.97. The van der Waals surface area contributed by atoms with Gasteiger partial charge in [0.1, 0.15) is 6.61 Å². The van der Waals surface area contributed by atoms with E-state index in [9.17, 15) is 4.79 Å². The molecule has 0 saturated carbocycles. The second-order valence-electron chi connectivity index (χ2n) is 5.70. The van der Waals surface area contributed by atoms with Crippen molar-refractivity contribution in [2.24, 2.45) is 0 Å². The van der Waals surface area contributed by atoms with Crippen molar-refractivity contribution in [1.29, 1.82) is 0 Å². The maximum Gasteiger partial charge on any atom is 0.316 e. The molecule has 0 bridgehead atoms. The highest BCUT2D eigenvalue weighted by Gasteiger charge is 2.23. The van der Waals surface area contributed by atoms with Crippen LogP contribution in [0.25, 0.3) is 4.96 Å². The number of carbonyl (C=O) groups excluding carboxylic acids is 1. The fourth-order valence-corrected chi connectivity index (χ4v) is 4.38. The minimum absolute atomic E-state index is 0.214. The summed E-state index contributed by atoms with van der Waals surface area (Å²) in [6, 6.07) is 9.86. The SMILES string of the molecule is O=C(CSc1nn2c(C3CCCN3)nnc2s1)OCc1ccccc1. The quantitative estimate of drug-likeness (QED) is 0.523. The van der Waals surface area contributed by atoms with Crippen LogP contribution in [0.2, 0.25) is 0 Å². The average molecular weight is 375 g/mol. The summed E-state index contributed by atoms with van der Waals surface area (Å²) in [7, 11) is 0. The van der Waals surface area contributed by atoms with Crippen molar-refractivity contribution < 1.29 is 9.53 Å². The predicted octanol–water partition coefficient (Wildman–Crippen LogP) is 2.45. The lowest BCUT2D eigenvalue weighted by Gasteiger charge is -2.05. The molecule has 1 aromatic carbocycles. The maximum absolute atomic E-state index is 11.9. The molecule has 1 unspecified atom stereocenters. The van der Waals surface area contributed by atoms with E-state index in [0.717, 1.165) is 40.1 Å². The molecule has 1 atom stereocenters. The molecule has 4 rings (SSSR count). The van der Waals surface area contributed by atoms with Crippen molar-refractivity contribution >= 4 is 34.0 Å². The predicted molar refractivity (Wildman–Crippen MR) is 95.6 cm³/mol. The van der Waals surface area contributed by atoms with Crippen LogP contribution < -0.4 is 5.32 Å². The van der Waals surface area contributed by atoms with Gasteiger partial charge in [-0.3, -0.25) is 4.79 Å². The first-order chi connectivity index (χ1) is 12.3. The number of aromatic nitrogens is 4. The number of esters is 1. The van der Waals surface area contributed by atoms with Gasteiger partial charge in [-0.2, -0.15) is 4.52 Å². The topological polar surface area (TPSA) is 81.4 Å². The molecule has 1 fully saturated rings. The molecule has 1 aliphatic heterocycles. The van der Waals surface area contributed by atoms with Crippen LogP contribution in [-0.2, 0) is 16.1 Å². The lowest BCUT2D eigenvalue weighted by Crippen LogP contribution is -2.16. The van der Waals surface area contributed by atoms with E-state index in [0.29, 0.717) is 6.61 Å². The molecule has 3 aromatic rings. The Kier molecular flexibility index (Phi) is 4.95. The summed E-state index contributed by atoms with van der Waals surface area (Å²) in [6.07, 6.45) is 2.19. The van der Waals surface area contributed by atoms with Crippen molar-refractivity contribution in [3.05, 3.63) is 41.7 Å².